The zero-order valence-corrected chi connectivity index (χ0v) is 23.2. The molecule has 206 valence electrons. The number of carbonyl (C=O) groups excluding carboxylic acids is 2. The minimum Gasteiger partial charge on any atom is -0.352 e. The molecule has 0 heterocycles. The molecule has 0 saturated heterocycles. The van der Waals surface area contributed by atoms with E-state index in [0.717, 1.165) is 53.4 Å². The number of amides is 2. The summed E-state index contributed by atoms with van der Waals surface area (Å²) >= 11 is 0. The molecule has 11 heteroatoms. The number of nitrogens with zero attached hydrogens (tertiary/aromatic N) is 3. The summed E-state index contributed by atoms with van der Waals surface area (Å²) in [5.74, 6) is -0.836. The summed E-state index contributed by atoms with van der Waals surface area (Å²) in [6.07, 6.45) is 5.15. The largest absolute Gasteiger partial charge is 0.352 e. The van der Waals surface area contributed by atoms with Crippen molar-refractivity contribution in [3.63, 3.8) is 0 Å². The van der Waals surface area contributed by atoms with E-state index < -0.39 is 33.4 Å². The summed E-state index contributed by atoms with van der Waals surface area (Å²) in [5.41, 5.74) is 2.00. The van der Waals surface area contributed by atoms with Crippen molar-refractivity contribution < 1.29 is 22.9 Å². The molecule has 1 aliphatic carbocycles. The van der Waals surface area contributed by atoms with E-state index in [4.69, 9.17) is 0 Å². The van der Waals surface area contributed by atoms with Gasteiger partial charge >= 0.3 is 0 Å². The first-order valence-electron chi connectivity index (χ1n) is 12.8. The fraction of sp³-hybridized carbons (Fsp3) is 0.481. The average molecular weight is 545 g/mol. The number of non-ortho nitro benzene ring substituents is 1. The Morgan fingerprint density at radius 1 is 1.11 bits per heavy atom. The Hall–Kier alpha value is -3.47. The highest BCUT2D eigenvalue weighted by Crippen LogP contribution is 2.28. The predicted octanol–water partition coefficient (Wildman–Crippen LogP) is 3.84. The molecule has 0 unspecified atom stereocenters. The molecule has 10 nitrogen and oxygen atoms in total. The maximum Gasteiger partial charge on any atom is 0.271 e. The quantitative estimate of drug-likeness (QED) is 0.338. The molecule has 1 atom stereocenters. The Kier molecular flexibility index (Phi) is 9.48. The highest BCUT2D eigenvalue weighted by Gasteiger charge is 2.33. The van der Waals surface area contributed by atoms with Crippen LogP contribution in [0, 0.1) is 24.0 Å². The van der Waals surface area contributed by atoms with Crippen LogP contribution >= 0.6 is 0 Å². The number of hydrogen-bond donors (Lipinski definition) is 1. The number of carbonyl (C=O) groups is 2. The normalized spacial score (nSPS) is 14.6. The van der Waals surface area contributed by atoms with E-state index in [-0.39, 0.29) is 29.9 Å². The molecule has 2 aromatic rings. The number of sulfonamides is 1. The van der Waals surface area contributed by atoms with Crippen LogP contribution in [0.1, 0.15) is 55.7 Å². The predicted molar refractivity (Wildman–Crippen MR) is 146 cm³/mol. The van der Waals surface area contributed by atoms with E-state index in [9.17, 15) is 28.1 Å². The van der Waals surface area contributed by atoms with Crippen molar-refractivity contribution in [3.05, 3.63) is 69.3 Å². The minimum atomic E-state index is -4.00. The van der Waals surface area contributed by atoms with Crippen LogP contribution < -0.4 is 9.62 Å². The monoisotopic (exact) mass is 544 g/mol. The average Bonchev–Trinajstić information content (AvgIpc) is 3.36. The summed E-state index contributed by atoms with van der Waals surface area (Å²) in [4.78, 5) is 39.4. The Morgan fingerprint density at radius 3 is 2.34 bits per heavy atom. The number of nitro groups is 1. The van der Waals surface area contributed by atoms with Crippen LogP contribution in [0.3, 0.4) is 0 Å². The summed E-state index contributed by atoms with van der Waals surface area (Å²) in [6.45, 7) is 4.87. The second kappa shape index (κ2) is 12.4. The molecule has 1 aliphatic rings. The number of nitro benzene ring substituents is 1. The Bertz CT molecular complexity index is 1290. The van der Waals surface area contributed by atoms with Gasteiger partial charge in [-0.25, -0.2) is 8.42 Å². The van der Waals surface area contributed by atoms with Crippen LogP contribution in [0.25, 0.3) is 0 Å². The van der Waals surface area contributed by atoms with E-state index in [1.807, 2.05) is 38.1 Å². The van der Waals surface area contributed by atoms with Crippen LogP contribution in [0.5, 0.6) is 0 Å². The van der Waals surface area contributed by atoms with E-state index in [0.29, 0.717) is 12.0 Å². The Balaban J connectivity index is 1.99. The SMILES string of the molecule is CC[C@H](C(=O)NC1CCCC1)N(Cc1ccccc1C)C(=O)CN(c1cc([N+](=O)[O-])ccc1C)S(C)(=O)=O. The lowest BCUT2D eigenvalue weighted by molar-refractivity contribution is -0.384. The third-order valence-corrected chi connectivity index (χ3v) is 8.17. The van der Waals surface area contributed by atoms with Crippen molar-refractivity contribution in [3.8, 4) is 0 Å². The smallest absolute Gasteiger partial charge is 0.271 e. The third-order valence-electron chi connectivity index (χ3n) is 7.04. The molecule has 3 rings (SSSR count). The summed E-state index contributed by atoms with van der Waals surface area (Å²) in [6, 6.07) is 10.6. The lowest BCUT2D eigenvalue weighted by Crippen LogP contribution is -2.53. The number of rotatable bonds is 11. The summed E-state index contributed by atoms with van der Waals surface area (Å²) in [5, 5.41) is 14.4. The van der Waals surface area contributed by atoms with E-state index in [1.165, 1.54) is 17.0 Å². The molecule has 0 spiro atoms. The van der Waals surface area contributed by atoms with Crippen LogP contribution in [-0.4, -0.2) is 54.9 Å². The topological polar surface area (TPSA) is 130 Å². The minimum absolute atomic E-state index is 0.0503. The van der Waals surface area contributed by atoms with Gasteiger partial charge in [0.2, 0.25) is 21.8 Å². The summed E-state index contributed by atoms with van der Waals surface area (Å²) < 4.78 is 26.6. The number of anilines is 1. The van der Waals surface area contributed by atoms with Crippen molar-refractivity contribution in [1.29, 1.82) is 0 Å². The molecule has 38 heavy (non-hydrogen) atoms. The molecule has 0 aliphatic heterocycles. The number of hydrogen-bond acceptors (Lipinski definition) is 6. The molecule has 2 amide bonds. The van der Waals surface area contributed by atoms with Crippen molar-refractivity contribution >= 4 is 33.2 Å². The van der Waals surface area contributed by atoms with Crippen LogP contribution in [-0.2, 0) is 26.2 Å². The molecule has 0 aromatic heterocycles. The molecule has 2 aromatic carbocycles. The van der Waals surface area contributed by atoms with Gasteiger partial charge in [-0.1, -0.05) is 50.1 Å². The van der Waals surface area contributed by atoms with E-state index >= 15 is 0 Å². The first-order chi connectivity index (χ1) is 17.9. The third kappa shape index (κ3) is 7.09. The van der Waals surface area contributed by atoms with Gasteiger partial charge in [0, 0.05) is 24.7 Å². The van der Waals surface area contributed by atoms with Crippen molar-refractivity contribution in [1.82, 2.24) is 10.2 Å². The van der Waals surface area contributed by atoms with Crippen LogP contribution in [0.4, 0.5) is 11.4 Å². The van der Waals surface area contributed by atoms with Gasteiger partial charge in [0.05, 0.1) is 16.9 Å². The Labute approximate surface area is 224 Å². The number of aryl methyl sites for hydroxylation is 2. The molecule has 1 saturated carbocycles. The fourth-order valence-electron chi connectivity index (χ4n) is 4.83. The second-order valence-electron chi connectivity index (χ2n) is 9.86. The summed E-state index contributed by atoms with van der Waals surface area (Å²) in [7, 11) is -4.00. The lowest BCUT2D eigenvalue weighted by Gasteiger charge is -2.34. The first kappa shape index (κ1) is 29.1. The van der Waals surface area contributed by atoms with Gasteiger partial charge in [-0.2, -0.15) is 0 Å². The van der Waals surface area contributed by atoms with Gasteiger partial charge in [-0.15, -0.1) is 0 Å². The second-order valence-corrected chi connectivity index (χ2v) is 11.8. The molecular formula is C27H36N4O6S. The van der Waals surface area contributed by atoms with Gasteiger partial charge < -0.3 is 10.2 Å². The Morgan fingerprint density at radius 2 is 1.76 bits per heavy atom. The first-order valence-corrected chi connectivity index (χ1v) is 14.6. The maximum atomic E-state index is 13.9. The molecule has 0 radical (unpaired) electrons. The van der Waals surface area contributed by atoms with E-state index in [2.05, 4.69) is 5.32 Å². The highest BCUT2D eigenvalue weighted by molar-refractivity contribution is 7.92. The van der Waals surface area contributed by atoms with Gasteiger partial charge in [-0.05, 0) is 49.8 Å². The van der Waals surface area contributed by atoms with Gasteiger partial charge in [0.15, 0.2) is 0 Å². The molecule has 0 bridgehead atoms. The number of benzene rings is 2. The fourth-order valence-corrected chi connectivity index (χ4v) is 5.73. The standard InChI is InChI=1S/C27H36N4O6S/c1-5-24(27(33)28-22-12-8-9-13-22)29(17-21-11-7-6-10-19(21)2)26(32)18-30(38(4,36)37)25-16-23(31(34)35)15-14-20(25)3/h6-7,10-11,14-16,22,24H,5,8-9,12-13,17-18H2,1-4H3,(H,28,33)/t24-/m1/s1. The zero-order valence-electron chi connectivity index (χ0n) is 22.3. The van der Waals surface area contributed by atoms with Gasteiger partial charge in [-0.3, -0.25) is 24.0 Å². The van der Waals surface area contributed by atoms with Crippen molar-refractivity contribution in [2.24, 2.45) is 0 Å². The molecule has 1 N–H and O–H groups in total. The highest BCUT2D eigenvalue weighted by atomic mass is 32.2. The van der Waals surface area contributed by atoms with Gasteiger partial charge in [0.25, 0.3) is 5.69 Å². The molecule has 1 fully saturated rings. The van der Waals surface area contributed by atoms with Crippen LogP contribution in [0.2, 0.25) is 0 Å². The zero-order chi connectivity index (χ0) is 28.0. The lowest BCUT2D eigenvalue weighted by atomic mass is 10.1. The van der Waals surface area contributed by atoms with Crippen LogP contribution in [0.15, 0.2) is 42.5 Å². The number of nitrogens with one attached hydrogen (secondary N) is 1. The molecular weight excluding hydrogens is 508 g/mol. The van der Waals surface area contributed by atoms with Crippen molar-refractivity contribution in [2.75, 3.05) is 17.1 Å². The van der Waals surface area contributed by atoms with E-state index in [1.54, 1.807) is 6.92 Å². The maximum absolute atomic E-state index is 13.9. The van der Waals surface area contributed by atoms with Gasteiger partial charge in [0.1, 0.15) is 12.6 Å². The van der Waals surface area contributed by atoms with Crippen molar-refractivity contribution in [2.45, 2.75) is 71.5 Å².